The predicted octanol–water partition coefficient (Wildman–Crippen LogP) is 4.50. The minimum absolute atomic E-state index is 0.0294. The molecule has 4 heteroatoms. The van der Waals surface area contributed by atoms with Crippen molar-refractivity contribution in [2.75, 3.05) is 6.61 Å². The number of carbonyl (C=O) groups is 1. The van der Waals surface area contributed by atoms with Gasteiger partial charge in [0.15, 0.2) is 5.78 Å². The monoisotopic (exact) mass is 432 g/mol. The molecule has 0 aromatic heterocycles. The first-order chi connectivity index (χ1) is 14.8. The second-order valence-electron chi connectivity index (χ2n) is 9.06. The van der Waals surface area contributed by atoms with Crippen molar-refractivity contribution in [2.45, 2.75) is 38.8 Å². The molecule has 0 spiro atoms. The van der Waals surface area contributed by atoms with Gasteiger partial charge in [-0.15, -0.1) is 0 Å². The first-order valence-corrected chi connectivity index (χ1v) is 12.7. The molecule has 2 atom stereocenters. The van der Waals surface area contributed by atoms with E-state index in [1.807, 2.05) is 66.7 Å². The van der Waals surface area contributed by atoms with Crippen LogP contribution < -0.4 is 10.4 Å². The fourth-order valence-corrected chi connectivity index (χ4v) is 8.70. The van der Waals surface area contributed by atoms with Crippen molar-refractivity contribution in [2.24, 2.45) is 5.92 Å². The fraction of sp³-hybridized carbons (Fsp3) is 0.296. The maximum absolute atomic E-state index is 13.1. The highest BCUT2D eigenvalue weighted by molar-refractivity contribution is 6.99. The third-order valence-corrected chi connectivity index (χ3v) is 11.0. The minimum Gasteiger partial charge on any atom is -0.400 e. The molecule has 0 amide bonds. The molecule has 0 aliphatic heterocycles. The summed E-state index contributed by atoms with van der Waals surface area (Å²) in [6, 6.07) is 29.9. The Morgan fingerprint density at radius 2 is 1.26 bits per heavy atom. The second kappa shape index (κ2) is 9.73. The molecule has 31 heavy (non-hydrogen) atoms. The zero-order valence-electron chi connectivity index (χ0n) is 18.8. The van der Waals surface area contributed by atoms with E-state index in [0.717, 1.165) is 15.9 Å². The number of hydrogen-bond acceptors (Lipinski definition) is 3. The lowest BCUT2D eigenvalue weighted by molar-refractivity contribution is -0.128. The van der Waals surface area contributed by atoms with Gasteiger partial charge in [0.25, 0.3) is 8.32 Å². The number of hydrogen-bond donors (Lipinski definition) is 1. The first-order valence-electron chi connectivity index (χ1n) is 10.8. The number of aliphatic hydroxyl groups excluding tert-OH is 1. The van der Waals surface area contributed by atoms with Gasteiger partial charge in [0.1, 0.15) is 0 Å². The molecule has 0 aliphatic rings. The summed E-state index contributed by atoms with van der Waals surface area (Å²) in [4.78, 5) is 13.1. The molecular formula is C27H32O3Si. The quantitative estimate of drug-likeness (QED) is 0.533. The van der Waals surface area contributed by atoms with E-state index >= 15 is 0 Å². The Bertz CT molecular complexity index is 926. The normalized spacial score (nSPS) is 14.1. The lowest BCUT2D eigenvalue weighted by Crippen LogP contribution is -2.67. The molecule has 0 heterocycles. The van der Waals surface area contributed by atoms with Crippen molar-refractivity contribution in [1.29, 1.82) is 0 Å². The van der Waals surface area contributed by atoms with Gasteiger partial charge in [0.2, 0.25) is 0 Å². The maximum atomic E-state index is 13.1. The zero-order chi connectivity index (χ0) is 22.5. The third-order valence-electron chi connectivity index (χ3n) is 5.97. The third kappa shape index (κ3) is 4.87. The van der Waals surface area contributed by atoms with Gasteiger partial charge in [-0.05, 0) is 21.0 Å². The van der Waals surface area contributed by atoms with E-state index < -0.39 is 20.3 Å². The summed E-state index contributed by atoms with van der Waals surface area (Å²) in [5.41, 5.74) is 0.744. The Kier molecular flexibility index (Phi) is 7.26. The molecule has 3 rings (SSSR count). The highest BCUT2D eigenvalue weighted by Gasteiger charge is 2.50. The van der Waals surface area contributed by atoms with E-state index in [2.05, 4.69) is 45.0 Å². The first kappa shape index (κ1) is 23.1. The summed E-state index contributed by atoms with van der Waals surface area (Å²) in [6.45, 7) is 8.30. The molecule has 0 unspecified atom stereocenters. The standard InChI is InChI=1S/C27H32O3Si/c1-21(26(29)22-14-8-5-9-15-22)25(28)20-30-31(27(2,3)4,23-16-10-6-11-17-23)24-18-12-7-13-19-24/h5-19,21,26,29H,20H2,1-4H3/t21-,26+/m0/s1. The van der Waals surface area contributed by atoms with Gasteiger partial charge >= 0.3 is 0 Å². The Labute approximate surface area is 186 Å². The largest absolute Gasteiger partial charge is 0.400 e. The number of carbonyl (C=O) groups excluding carboxylic acids is 1. The van der Waals surface area contributed by atoms with Crippen LogP contribution in [0.2, 0.25) is 5.04 Å². The molecule has 1 N–H and O–H groups in total. The SMILES string of the molecule is C[C@@H](C(=O)CO[Si](c1ccccc1)(c1ccccc1)C(C)(C)C)[C@@H](O)c1ccccc1. The lowest BCUT2D eigenvalue weighted by Gasteiger charge is -2.43. The van der Waals surface area contributed by atoms with Crippen molar-refractivity contribution in [3.8, 4) is 0 Å². The van der Waals surface area contributed by atoms with Crippen molar-refractivity contribution < 1.29 is 14.3 Å². The Balaban J connectivity index is 1.93. The Morgan fingerprint density at radius 1 is 0.839 bits per heavy atom. The van der Waals surface area contributed by atoms with Crippen LogP contribution >= 0.6 is 0 Å². The van der Waals surface area contributed by atoms with Crippen LogP contribution in [0.25, 0.3) is 0 Å². The van der Waals surface area contributed by atoms with E-state index in [-0.39, 0.29) is 17.4 Å². The number of ketones is 1. The molecule has 3 aromatic carbocycles. The van der Waals surface area contributed by atoms with Crippen LogP contribution in [0.5, 0.6) is 0 Å². The summed E-state index contributed by atoms with van der Waals surface area (Å²) in [7, 11) is -2.77. The number of benzene rings is 3. The Morgan fingerprint density at radius 3 is 1.68 bits per heavy atom. The molecule has 0 aliphatic carbocycles. The van der Waals surface area contributed by atoms with Gasteiger partial charge in [-0.25, -0.2) is 0 Å². The van der Waals surface area contributed by atoms with Crippen LogP contribution in [0.3, 0.4) is 0 Å². The van der Waals surface area contributed by atoms with Crippen LogP contribution in [-0.2, 0) is 9.22 Å². The van der Waals surface area contributed by atoms with Crippen molar-refractivity contribution in [1.82, 2.24) is 0 Å². The van der Waals surface area contributed by atoms with Crippen molar-refractivity contribution >= 4 is 24.5 Å². The predicted molar refractivity (Wildman–Crippen MR) is 129 cm³/mol. The highest BCUT2D eigenvalue weighted by atomic mass is 28.4. The molecule has 162 valence electrons. The molecule has 3 aromatic rings. The summed E-state index contributed by atoms with van der Waals surface area (Å²) < 4.78 is 6.71. The Hall–Kier alpha value is -2.53. The van der Waals surface area contributed by atoms with E-state index in [9.17, 15) is 9.90 Å². The van der Waals surface area contributed by atoms with E-state index in [0.29, 0.717) is 0 Å². The van der Waals surface area contributed by atoms with Gasteiger partial charge in [0, 0.05) is 5.92 Å². The van der Waals surface area contributed by atoms with Gasteiger partial charge in [-0.2, -0.15) is 0 Å². The van der Waals surface area contributed by atoms with Gasteiger partial charge < -0.3 is 9.53 Å². The van der Waals surface area contributed by atoms with E-state index in [4.69, 9.17) is 4.43 Å². The van der Waals surface area contributed by atoms with Crippen molar-refractivity contribution in [3.63, 3.8) is 0 Å². The van der Waals surface area contributed by atoms with Crippen molar-refractivity contribution in [3.05, 3.63) is 96.6 Å². The highest BCUT2D eigenvalue weighted by Crippen LogP contribution is 2.37. The maximum Gasteiger partial charge on any atom is 0.261 e. The average Bonchev–Trinajstić information content (AvgIpc) is 2.79. The van der Waals surface area contributed by atoms with E-state index in [1.165, 1.54) is 0 Å². The average molecular weight is 433 g/mol. The minimum atomic E-state index is -2.77. The summed E-state index contributed by atoms with van der Waals surface area (Å²) in [6.07, 6.45) is -0.851. The summed E-state index contributed by atoms with van der Waals surface area (Å²) in [5, 5.41) is 12.8. The summed E-state index contributed by atoms with van der Waals surface area (Å²) in [5.74, 6) is -0.648. The number of Topliss-reactive ketones (excluding diaryl/α,β-unsaturated/α-hetero) is 1. The van der Waals surface area contributed by atoms with Crippen LogP contribution in [0.4, 0.5) is 0 Å². The van der Waals surface area contributed by atoms with Crippen LogP contribution in [0, 0.1) is 5.92 Å². The lowest BCUT2D eigenvalue weighted by atomic mass is 9.94. The number of aliphatic hydroxyl groups is 1. The molecular weight excluding hydrogens is 400 g/mol. The van der Waals surface area contributed by atoms with Crippen LogP contribution in [-0.4, -0.2) is 25.8 Å². The molecule has 0 radical (unpaired) electrons. The zero-order valence-corrected chi connectivity index (χ0v) is 19.8. The van der Waals surface area contributed by atoms with Gasteiger partial charge in [-0.3, -0.25) is 4.79 Å². The summed E-state index contributed by atoms with van der Waals surface area (Å²) >= 11 is 0. The topological polar surface area (TPSA) is 46.5 Å². The van der Waals surface area contributed by atoms with Crippen LogP contribution in [0.15, 0.2) is 91.0 Å². The molecule has 0 bridgehead atoms. The van der Waals surface area contributed by atoms with Crippen LogP contribution in [0.1, 0.15) is 39.4 Å². The number of rotatable bonds is 8. The molecule has 0 fully saturated rings. The molecule has 0 saturated heterocycles. The van der Waals surface area contributed by atoms with E-state index in [1.54, 1.807) is 6.92 Å². The molecule has 3 nitrogen and oxygen atoms in total. The van der Waals surface area contributed by atoms with Gasteiger partial charge in [0.05, 0.1) is 12.7 Å². The second-order valence-corrected chi connectivity index (χ2v) is 13.4. The smallest absolute Gasteiger partial charge is 0.261 e. The fourth-order valence-electron chi connectivity index (χ4n) is 4.19. The molecule has 0 saturated carbocycles. The van der Waals surface area contributed by atoms with Gasteiger partial charge in [-0.1, -0.05) is 119 Å².